The van der Waals surface area contributed by atoms with Crippen LogP contribution >= 0.6 is 0 Å². The lowest BCUT2D eigenvalue weighted by molar-refractivity contribution is -0.336. The van der Waals surface area contributed by atoms with Gasteiger partial charge in [-0.2, -0.15) is 0 Å². The first-order chi connectivity index (χ1) is 8.69. The molecule has 3 aliphatic heterocycles. The second-order valence-electron chi connectivity index (χ2n) is 6.44. The van der Waals surface area contributed by atoms with Gasteiger partial charge in [-0.05, 0) is 40.2 Å². The molecule has 0 aliphatic carbocycles. The summed E-state index contributed by atoms with van der Waals surface area (Å²) in [5.41, 5.74) is 0.922. The Bertz CT molecular complexity index is 403. The van der Waals surface area contributed by atoms with E-state index in [9.17, 15) is 0 Å². The molecule has 3 aliphatic rings. The summed E-state index contributed by atoms with van der Waals surface area (Å²) in [5.74, 6) is -1.32. The molecule has 0 aromatic carbocycles. The van der Waals surface area contributed by atoms with E-state index in [1.807, 2.05) is 34.6 Å². The molecule has 0 radical (unpaired) electrons. The summed E-state index contributed by atoms with van der Waals surface area (Å²) in [7, 11) is 0. The maximum atomic E-state index is 5.99. The van der Waals surface area contributed by atoms with Gasteiger partial charge in [0.15, 0.2) is 17.9 Å². The van der Waals surface area contributed by atoms with E-state index in [1.165, 1.54) is 0 Å². The molecule has 5 atom stereocenters. The topological polar surface area (TPSA) is 46.2 Å². The average molecular weight is 270 g/mol. The zero-order chi connectivity index (χ0) is 14.0. The molecule has 5 heteroatoms. The van der Waals surface area contributed by atoms with Crippen LogP contribution in [0.2, 0.25) is 0 Å². The monoisotopic (exact) mass is 270 g/mol. The fraction of sp³-hybridized carbons (Fsp3) is 0.857. The zero-order valence-corrected chi connectivity index (χ0v) is 12.1. The molecule has 0 spiro atoms. The van der Waals surface area contributed by atoms with Gasteiger partial charge >= 0.3 is 0 Å². The Morgan fingerprint density at radius 2 is 1.42 bits per heavy atom. The van der Waals surface area contributed by atoms with E-state index in [0.717, 1.165) is 5.57 Å². The Morgan fingerprint density at radius 3 is 2.05 bits per heavy atom. The van der Waals surface area contributed by atoms with Crippen molar-refractivity contribution in [2.75, 3.05) is 0 Å². The Kier molecular flexibility index (Phi) is 2.86. The van der Waals surface area contributed by atoms with Gasteiger partial charge < -0.3 is 23.7 Å². The molecule has 0 aromatic rings. The number of hydrogen-bond acceptors (Lipinski definition) is 5. The highest BCUT2D eigenvalue weighted by Gasteiger charge is 2.61. The minimum absolute atomic E-state index is 0.197. The lowest BCUT2D eigenvalue weighted by Gasteiger charge is -2.44. The maximum Gasteiger partial charge on any atom is 0.190 e. The van der Waals surface area contributed by atoms with Crippen LogP contribution in [-0.2, 0) is 23.7 Å². The minimum Gasteiger partial charge on any atom is -0.342 e. The predicted molar refractivity (Wildman–Crippen MR) is 67.3 cm³/mol. The van der Waals surface area contributed by atoms with Crippen LogP contribution in [0, 0.1) is 0 Å². The minimum atomic E-state index is -0.681. The number of ether oxygens (including phenoxy) is 5. The van der Waals surface area contributed by atoms with E-state index in [1.54, 1.807) is 0 Å². The third-order valence-electron chi connectivity index (χ3n) is 3.64. The van der Waals surface area contributed by atoms with Gasteiger partial charge in [0, 0.05) is 0 Å². The molecular formula is C14H22O5. The molecule has 3 heterocycles. The molecule has 0 unspecified atom stereocenters. The van der Waals surface area contributed by atoms with Crippen LogP contribution in [0.5, 0.6) is 0 Å². The van der Waals surface area contributed by atoms with Crippen molar-refractivity contribution in [1.29, 1.82) is 0 Å². The molecule has 3 fully saturated rings. The molecule has 5 nitrogen and oxygen atoms in total. The Morgan fingerprint density at radius 1 is 0.842 bits per heavy atom. The summed E-state index contributed by atoms with van der Waals surface area (Å²) in [5, 5.41) is 0. The maximum absolute atomic E-state index is 5.99. The van der Waals surface area contributed by atoms with Gasteiger partial charge in [-0.25, -0.2) is 0 Å². The molecule has 0 amide bonds. The first kappa shape index (κ1) is 13.5. The molecule has 19 heavy (non-hydrogen) atoms. The molecular weight excluding hydrogens is 248 g/mol. The van der Waals surface area contributed by atoms with Crippen molar-refractivity contribution in [3.8, 4) is 0 Å². The first-order valence-electron chi connectivity index (χ1n) is 6.71. The second kappa shape index (κ2) is 4.02. The standard InChI is InChI=1S/C14H22O5/c1-7(2)8-9-10(17-13(3,4)16-8)11-12(15-9)19-14(5,6)18-11/h8-12H,1H2,2-6H3/t8-,9-,10+,11-,12-/m1/s1. The zero-order valence-electron chi connectivity index (χ0n) is 12.1. The summed E-state index contributed by atoms with van der Waals surface area (Å²) >= 11 is 0. The highest BCUT2D eigenvalue weighted by atomic mass is 16.9. The van der Waals surface area contributed by atoms with Crippen molar-refractivity contribution < 1.29 is 23.7 Å². The predicted octanol–water partition coefficient (Wildman–Crippen LogP) is 1.96. The van der Waals surface area contributed by atoms with E-state index < -0.39 is 17.9 Å². The van der Waals surface area contributed by atoms with E-state index in [0.29, 0.717) is 0 Å². The van der Waals surface area contributed by atoms with Gasteiger partial charge in [0.1, 0.15) is 24.4 Å². The van der Waals surface area contributed by atoms with Gasteiger partial charge in [0.05, 0.1) is 0 Å². The van der Waals surface area contributed by atoms with Gasteiger partial charge in [0.2, 0.25) is 0 Å². The molecule has 0 bridgehead atoms. The fourth-order valence-electron chi connectivity index (χ4n) is 2.99. The van der Waals surface area contributed by atoms with Crippen LogP contribution in [0.25, 0.3) is 0 Å². The highest BCUT2D eigenvalue weighted by Crippen LogP contribution is 2.45. The van der Waals surface area contributed by atoms with Crippen molar-refractivity contribution in [2.45, 2.75) is 76.9 Å². The summed E-state index contributed by atoms with van der Waals surface area (Å²) in [4.78, 5) is 0. The normalized spacial score (nSPS) is 46.7. The van der Waals surface area contributed by atoms with Gasteiger partial charge in [-0.15, -0.1) is 0 Å². The Hall–Kier alpha value is -0.460. The lowest BCUT2D eigenvalue weighted by atomic mass is 9.98. The molecule has 3 rings (SSSR count). The summed E-state index contributed by atoms with van der Waals surface area (Å²) in [6, 6.07) is 0. The third kappa shape index (κ3) is 2.23. The van der Waals surface area contributed by atoms with E-state index >= 15 is 0 Å². The second-order valence-corrected chi connectivity index (χ2v) is 6.44. The van der Waals surface area contributed by atoms with E-state index in [2.05, 4.69) is 6.58 Å². The summed E-state index contributed by atoms with van der Waals surface area (Å²) in [6.45, 7) is 13.5. The quantitative estimate of drug-likeness (QED) is 0.682. The molecule has 0 N–H and O–H groups in total. The first-order valence-corrected chi connectivity index (χ1v) is 6.71. The van der Waals surface area contributed by atoms with Gasteiger partial charge in [-0.3, -0.25) is 0 Å². The molecule has 3 saturated heterocycles. The van der Waals surface area contributed by atoms with Crippen LogP contribution in [-0.4, -0.2) is 42.3 Å². The van der Waals surface area contributed by atoms with Crippen LogP contribution in [0.4, 0.5) is 0 Å². The summed E-state index contributed by atoms with van der Waals surface area (Å²) in [6.07, 6.45) is -1.24. The van der Waals surface area contributed by atoms with E-state index in [4.69, 9.17) is 23.7 Å². The summed E-state index contributed by atoms with van der Waals surface area (Å²) < 4.78 is 29.5. The van der Waals surface area contributed by atoms with Crippen molar-refractivity contribution in [1.82, 2.24) is 0 Å². The van der Waals surface area contributed by atoms with Crippen LogP contribution in [0.3, 0.4) is 0 Å². The van der Waals surface area contributed by atoms with Crippen molar-refractivity contribution in [3.05, 3.63) is 12.2 Å². The Labute approximate surface area is 113 Å². The fourth-order valence-corrected chi connectivity index (χ4v) is 2.99. The smallest absolute Gasteiger partial charge is 0.190 e. The van der Waals surface area contributed by atoms with Crippen molar-refractivity contribution >= 4 is 0 Å². The van der Waals surface area contributed by atoms with Gasteiger partial charge in [-0.1, -0.05) is 6.58 Å². The SMILES string of the molecule is C=C(C)[C@H]1OC(C)(C)O[C@@H]2[C@H]3OC(C)(C)O[C@H]3O[C@@H]21. The number of rotatable bonds is 1. The van der Waals surface area contributed by atoms with E-state index in [-0.39, 0.29) is 24.4 Å². The van der Waals surface area contributed by atoms with Gasteiger partial charge in [0.25, 0.3) is 0 Å². The third-order valence-corrected chi connectivity index (χ3v) is 3.64. The van der Waals surface area contributed by atoms with Crippen molar-refractivity contribution in [3.63, 3.8) is 0 Å². The molecule has 108 valence electrons. The number of hydrogen-bond donors (Lipinski definition) is 0. The number of fused-ring (bicyclic) bond motifs is 3. The van der Waals surface area contributed by atoms with Crippen LogP contribution in [0.1, 0.15) is 34.6 Å². The average Bonchev–Trinajstić information content (AvgIpc) is 2.69. The van der Waals surface area contributed by atoms with Crippen LogP contribution in [0.15, 0.2) is 12.2 Å². The molecule has 0 aromatic heterocycles. The Balaban J connectivity index is 1.87. The van der Waals surface area contributed by atoms with Crippen molar-refractivity contribution in [2.24, 2.45) is 0 Å². The molecule has 0 saturated carbocycles. The van der Waals surface area contributed by atoms with Crippen LogP contribution < -0.4 is 0 Å². The highest BCUT2D eigenvalue weighted by molar-refractivity contribution is 5.11. The lowest BCUT2D eigenvalue weighted by Crippen LogP contribution is -2.55. The largest absolute Gasteiger partial charge is 0.342 e.